The Morgan fingerprint density at radius 2 is 1.59 bits per heavy atom. The fourth-order valence-electron chi connectivity index (χ4n) is 4.07. The number of nitrogens with one attached hydrogen (secondary N) is 2. The highest BCUT2D eigenvalue weighted by Gasteiger charge is 2.34. The van der Waals surface area contributed by atoms with Gasteiger partial charge in [0, 0.05) is 13.1 Å². The van der Waals surface area contributed by atoms with Gasteiger partial charge >= 0.3 is 12.1 Å². The van der Waals surface area contributed by atoms with E-state index < -0.39 is 35.7 Å². The first-order chi connectivity index (χ1) is 18.4. The standard InChI is InChI=1S/C30H49N3O6/c1-8-11-12-13-14-21-33(28(36)22(4)32-29(37)39-30(5,6)7)26(24-17-15-23(9-2)16-18-24)27(35)31-20-19-25(34)38-10-3/h15-18,22,26H,8-14,19-21H2,1-7H3,(H,31,35)(H,32,37). The van der Waals surface area contributed by atoms with Gasteiger partial charge in [-0.25, -0.2) is 4.79 Å². The molecule has 0 fully saturated rings. The number of aryl methyl sites for hydroxylation is 1. The van der Waals surface area contributed by atoms with E-state index in [1.807, 2.05) is 31.2 Å². The van der Waals surface area contributed by atoms with Crippen LogP contribution in [-0.4, -0.2) is 60.1 Å². The third-order valence-electron chi connectivity index (χ3n) is 6.09. The summed E-state index contributed by atoms with van der Waals surface area (Å²) in [6.07, 6.45) is 5.02. The minimum atomic E-state index is -0.931. The number of unbranched alkanes of at least 4 members (excludes halogenated alkanes) is 4. The van der Waals surface area contributed by atoms with Crippen molar-refractivity contribution < 1.29 is 28.7 Å². The zero-order valence-corrected chi connectivity index (χ0v) is 24.9. The van der Waals surface area contributed by atoms with Crippen LogP contribution in [0.25, 0.3) is 0 Å². The number of ether oxygens (including phenoxy) is 2. The molecular formula is C30H49N3O6. The van der Waals surface area contributed by atoms with Crippen LogP contribution in [0.15, 0.2) is 24.3 Å². The number of alkyl carbamates (subject to hydrolysis) is 1. The van der Waals surface area contributed by atoms with E-state index in [4.69, 9.17) is 9.47 Å². The average molecular weight is 548 g/mol. The SMILES string of the molecule is CCCCCCCN(C(=O)C(C)NC(=O)OC(C)(C)C)C(C(=O)NCCC(=O)OCC)c1ccc(CC)cc1. The first-order valence-electron chi connectivity index (χ1n) is 14.3. The molecular weight excluding hydrogens is 498 g/mol. The molecule has 9 heteroatoms. The summed E-state index contributed by atoms with van der Waals surface area (Å²) in [5.74, 6) is -1.18. The quantitative estimate of drug-likeness (QED) is 0.221. The summed E-state index contributed by atoms with van der Waals surface area (Å²) in [7, 11) is 0. The van der Waals surface area contributed by atoms with Crippen LogP contribution in [0.1, 0.15) is 104 Å². The van der Waals surface area contributed by atoms with Crippen LogP contribution in [0, 0.1) is 0 Å². The maximum Gasteiger partial charge on any atom is 0.408 e. The molecule has 0 aliphatic rings. The lowest BCUT2D eigenvalue weighted by molar-refractivity contribution is -0.144. The second-order valence-electron chi connectivity index (χ2n) is 10.7. The van der Waals surface area contributed by atoms with E-state index in [-0.39, 0.29) is 25.5 Å². The Morgan fingerprint density at radius 3 is 2.15 bits per heavy atom. The molecule has 39 heavy (non-hydrogen) atoms. The number of hydrogen-bond donors (Lipinski definition) is 2. The van der Waals surface area contributed by atoms with Crippen LogP contribution in [0.4, 0.5) is 4.79 Å². The molecule has 0 spiro atoms. The van der Waals surface area contributed by atoms with Crippen LogP contribution in [0.5, 0.6) is 0 Å². The lowest BCUT2D eigenvalue weighted by Gasteiger charge is -2.34. The number of benzene rings is 1. The number of rotatable bonds is 16. The fourth-order valence-corrected chi connectivity index (χ4v) is 4.07. The molecule has 0 saturated carbocycles. The molecule has 220 valence electrons. The molecule has 2 atom stereocenters. The topological polar surface area (TPSA) is 114 Å². The molecule has 1 rings (SSSR count). The Labute approximate surface area is 234 Å². The molecule has 0 bridgehead atoms. The van der Waals surface area contributed by atoms with Crippen LogP contribution in [-0.2, 0) is 30.3 Å². The minimum Gasteiger partial charge on any atom is -0.466 e. The number of esters is 1. The highest BCUT2D eigenvalue weighted by molar-refractivity contribution is 5.92. The maximum atomic E-state index is 13.8. The van der Waals surface area contributed by atoms with Gasteiger partial charge in [0.05, 0.1) is 13.0 Å². The molecule has 0 aliphatic carbocycles. The third kappa shape index (κ3) is 13.0. The molecule has 0 heterocycles. The smallest absolute Gasteiger partial charge is 0.408 e. The van der Waals surface area contributed by atoms with Gasteiger partial charge in [0.1, 0.15) is 17.7 Å². The highest BCUT2D eigenvalue weighted by Crippen LogP contribution is 2.24. The number of hydrogen-bond acceptors (Lipinski definition) is 6. The molecule has 0 aromatic heterocycles. The molecule has 3 amide bonds. The molecule has 0 saturated heterocycles. The van der Waals surface area contributed by atoms with Gasteiger partial charge in [0.15, 0.2) is 0 Å². The van der Waals surface area contributed by atoms with E-state index in [2.05, 4.69) is 17.6 Å². The number of amides is 3. The van der Waals surface area contributed by atoms with E-state index in [0.29, 0.717) is 18.5 Å². The Hall–Kier alpha value is -3.10. The second kappa shape index (κ2) is 17.5. The molecule has 1 aromatic rings. The number of carbonyl (C=O) groups is 4. The van der Waals surface area contributed by atoms with E-state index in [9.17, 15) is 19.2 Å². The molecule has 1 aromatic carbocycles. The number of nitrogens with zero attached hydrogens (tertiary/aromatic N) is 1. The van der Waals surface area contributed by atoms with Crippen molar-refractivity contribution in [3.05, 3.63) is 35.4 Å². The van der Waals surface area contributed by atoms with Crippen molar-refractivity contribution in [1.29, 1.82) is 0 Å². The second-order valence-corrected chi connectivity index (χ2v) is 10.7. The van der Waals surface area contributed by atoms with Crippen molar-refractivity contribution in [2.45, 2.75) is 111 Å². The predicted octanol–water partition coefficient (Wildman–Crippen LogP) is 5.07. The zero-order valence-electron chi connectivity index (χ0n) is 24.9. The zero-order chi connectivity index (χ0) is 29.4. The van der Waals surface area contributed by atoms with Gasteiger partial charge in [-0.1, -0.05) is 63.8 Å². The maximum absolute atomic E-state index is 13.8. The van der Waals surface area contributed by atoms with Gasteiger partial charge in [-0.3, -0.25) is 14.4 Å². The summed E-state index contributed by atoms with van der Waals surface area (Å²) >= 11 is 0. The van der Waals surface area contributed by atoms with Crippen molar-refractivity contribution in [3.63, 3.8) is 0 Å². The Bertz CT molecular complexity index is 910. The molecule has 2 unspecified atom stereocenters. The number of carbonyl (C=O) groups excluding carboxylic acids is 4. The van der Waals surface area contributed by atoms with E-state index in [1.165, 1.54) is 4.90 Å². The molecule has 0 aliphatic heterocycles. The van der Waals surface area contributed by atoms with Crippen molar-refractivity contribution >= 4 is 23.9 Å². The van der Waals surface area contributed by atoms with Crippen LogP contribution in [0.3, 0.4) is 0 Å². The summed E-state index contributed by atoms with van der Waals surface area (Å²) in [5.41, 5.74) is 1.05. The van der Waals surface area contributed by atoms with E-state index in [0.717, 1.165) is 37.7 Å². The molecule has 0 radical (unpaired) electrons. The summed E-state index contributed by atoms with van der Waals surface area (Å²) in [6, 6.07) is 5.76. The largest absolute Gasteiger partial charge is 0.466 e. The van der Waals surface area contributed by atoms with Gasteiger partial charge in [-0.2, -0.15) is 0 Å². The summed E-state index contributed by atoms with van der Waals surface area (Å²) in [4.78, 5) is 53.1. The van der Waals surface area contributed by atoms with Gasteiger partial charge < -0.3 is 25.0 Å². The van der Waals surface area contributed by atoms with E-state index in [1.54, 1.807) is 34.6 Å². The Morgan fingerprint density at radius 1 is 0.949 bits per heavy atom. The molecule has 9 nitrogen and oxygen atoms in total. The average Bonchev–Trinajstić information content (AvgIpc) is 2.86. The molecule has 2 N–H and O–H groups in total. The van der Waals surface area contributed by atoms with Gasteiger partial charge in [0.25, 0.3) is 0 Å². The normalized spacial score (nSPS) is 12.7. The lowest BCUT2D eigenvalue weighted by atomic mass is 10.00. The van der Waals surface area contributed by atoms with Crippen LogP contribution in [0.2, 0.25) is 0 Å². The van der Waals surface area contributed by atoms with Gasteiger partial charge in [-0.15, -0.1) is 0 Å². The summed E-state index contributed by atoms with van der Waals surface area (Å²) in [6.45, 7) is 13.4. The van der Waals surface area contributed by atoms with Gasteiger partial charge in [-0.05, 0) is 58.6 Å². The minimum absolute atomic E-state index is 0.0304. The Kier molecular flexibility index (Phi) is 15.2. The van der Waals surface area contributed by atoms with Crippen LogP contribution < -0.4 is 10.6 Å². The lowest BCUT2D eigenvalue weighted by Crippen LogP contribution is -2.52. The first kappa shape index (κ1) is 33.9. The highest BCUT2D eigenvalue weighted by atomic mass is 16.6. The monoisotopic (exact) mass is 547 g/mol. The van der Waals surface area contributed by atoms with Gasteiger partial charge in [0.2, 0.25) is 11.8 Å². The van der Waals surface area contributed by atoms with E-state index >= 15 is 0 Å². The fraction of sp³-hybridized carbons (Fsp3) is 0.667. The van der Waals surface area contributed by atoms with Crippen molar-refractivity contribution in [1.82, 2.24) is 15.5 Å². The predicted molar refractivity (Wildman–Crippen MR) is 152 cm³/mol. The van der Waals surface area contributed by atoms with Crippen molar-refractivity contribution in [3.8, 4) is 0 Å². The van der Waals surface area contributed by atoms with Crippen LogP contribution >= 0.6 is 0 Å². The Balaban J connectivity index is 3.27. The first-order valence-corrected chi connectivity index (χ1v) is 14.3. The summed E-state index contributed by atoms with van der Waals surface area (Å²) < 4.78 is 10.3. The van der Waals surface area contributed by atoms with Crippen molar-refractivity contribution in [2.75, 3.05) is 19.7 Å². The third-order valence-corrected chi connectivity index (χ3v) is 6.09. The summed E-state index contributed by atoms with van der Waals surface area (Å²) in [5, 5.41) is 5.43. The van der Waals surface area contributed by atoms with Crippen molar-refractivity contribution in [2.24, 2.45) is 0 Å².